The largest absolute Gasteiger partial charge is 0.450 e. The summed E-state index contributed by atoms with van der Waals surface area (Å²) in [5, 5.41) is 5.98. The standard InChI is InChI=1S/C18H20ClN3O3S/c1-2-25-18(24)22-9-3-4-13(10-22)16(23)21-17-20-15(11-26-17)12-5-7-14(19)8-6-12/h5-8,11,13H,2-4,9-10H2,1H3,(H,20,21,23). The van der Waals surface area contributed by atoms with E-state index < -0.39 is 0 Å². The van der Waals surface area contributed by atoms with Gasteiger partial charge in [0, 0.05) is 29.1 Å². The number of hydrogen-bond acceptors (Lipinski definition) is 5. The molecule has 1 aromatic carbocycles. The van der Waals surface area contributed by atoms with E-state index in [1.165, 1.54) is 11.3 Å². The number of carbonyl (C=O) groups is 2. The predicted octanol–water partition coefficient (Wildman–Crippen LogP) is 4.27. The van der Waals surface area contributed by atoms with Crippen LogP contribution in [-0.4, -0.2) is 41.6 Å². The van der Waals surface area contributed by atoms with Crippen LogP contribution in [0.2, 0.25) is 5.02 Å². The lowest BCUT2D eigenvalue weighted by atomic mass is 9.97. The van der Waals surface area contributed by atoms with Gasteiger partial charge in [-0.2, -0.15) is 0 Å². The van der Waals surface area contributed by atoms with Crippen molar-refractivity contribution in [1.29, 1.82) is 0 Å². The number of thiazole rings is 1. The van der Waals surface area contributed by atoms with Gasteiger partial charge in [-0.05, 0) is 31.9 Å². The van der Waals surface area contributed by atoms with Crippen molar-refractivity contribution in [3.63, 3.8) is 0 Å². The summed E-state index contributed by atoms with van der Waals surface area (Å²) in [6.45, 7) is 3.10. The molecule has 0 spiro atoms. The second-order valence-electron chi connectivity index (χ2n) is 6.02. The second kappa shape index (κ2) is 8.51. The average molecular weight is 394 g/mol. The van der Waals surface area contributed by atoms with E-state index in [9.17, 15) is 9.59 Å². The molecule has 0 aliphatic carbocycles. The van der Waals surface area contributed by atoms with Crippen LogP contribution in [0.25, 0.3) is 11.3 Å². The first-order valence-corrected chi connectivity index (χ1v) is 9.76. The van der Waals surface area contributed by atoms with E-state index in [-0.39, 0.29) is 17.9 Å². The number of aromatic nitrogens is 1. The van der Waals surface area contributed by atoms with Gasteiger partial charge in [-0.15, -0.1) is 11.3 Å². The second-order valence-corrected chi connectivity index (χ2v) is 7.31. The Kier molecular flexibility index (Phi) is 6.11. The molecule has 0 saturated carbocycles. The summed E-state index contributed by atoms with van der Waals surface area (Å²) < 4.78 is 5.02. The molecule has 1 aliphatic heterocycles. The molecular formula is C18H20ClN3O3S. The zero-order valence-corrected chi connectivity index (χ0v) is 16.0. The van der Waals surface area contributed by atoms with Crippen molar-refractivity contribution in [1.82, 2.24) is 9.88 Å². The van der Waals surface area contributed by atoms with Gasteiger partial charge >= 0.3 is 6.09 Å². The summed E-state index contributed by atoms with van der Waals surface area (Å²) in [5.74, 6) is -0.368. The van der Waals surface area contributed by atoms with Crippen molar-refractivity contribution in [2.45, 2.75) is 19.8 Å². The van der Waals surface area contributed by atoms with Crippen LogP contribution in [0.1, 0.15) is 19.8 Å². The van der Waals surface area contributed by atoms with Gasteiger partial charge in [-0.3, -0.25) is 4.79 Å². The number of piperidine rings is 1. The number of benzene rings is 1. The van der Waals surface area contributed by atoms with Crippen LogP contribution in [0.4, 0.5) is 9.93 Å². The van der Waals surface area contributed by atoms with E-state index in [1.807, 2.05) is 17.5 Å². The molecule has 2 amide bonds. The monoisotopic (exact) mass is 393 g/mol. The molecule has 1 saturated heterocycles. The zero-order chi connectivity index (χ0) is 18.5. The Morgan fingerprint density at radius 3 is 2.88 bits per heavy atom. The van der Waals surface area contributed by atoms with Crippen molar-refractivity contribution < 1.29 is 14.3 Å². The van der Waals surface area contributed by atoms with E-state index >= 15 is 0 Å². The van der Waals surface area contributed by atoms with Gasteiger partial charge in [0.05, 0.1) is 18.2 Å². The maximum atomic E-state index is 12.5. The lowest BCUT2D eigenvalue weighted by molar-refractivity contribution is -0.121. The third kappa shape index (κ3) is 4.53. The van der Waals surface area contributed by atoms with Crippen LogP contribution in [0.5, 0.6) is 0 Å². The Hall–Kier alpha value is -2.12. The van der Waals surface area contributed by atoms with Gasteiger partial charge in [0.15, 0.2) is 5.13 Å². The van der Waals surface area contributed by atoms with Gasteiger partial charge in [0.2, 0.25) is 5.91 Å². The SMILES string of the molecule is CCOC(=O)N1CCCC(C(=O)Nc2nc(-c3ccc(Cl)cc3)cs2)C1. The molecular weight excluding hydrogens is 374 g/mol. The average Bonchev–Trinajstić information content (AvgIpc) is 3.11. The van der Waals surface area contributed by atoms with Gasteiger partial charge < -0.3 is 15.0 Å². The fourth-order valence-corrected chi connectivity index (χ4v) is 3.71. The highest BCUT2D eigenvalue weighted by Crippen LogP contribution is 2.27. The first kappa shape index (κ1) is 18.7. The smallest absolute Gasteiger partial charge is 0.409 e. The lowest BCUT2D eigenvalue weighted by Crippen LogP contribution is -2.44. The number of hydrogen-bond donors (Lipinski definition) is 1. The Labute approximate surface area is 161 Å². The minimum Gasteiger partial charge on any atom is -0.450 e. The number of halogens is 1. The molecule has 8 heteroatoms. The van der Waals surface area contributed by atoms with E-state index in [0.717, 1.165) is 24.1 Å². The molecule has 1 aromatic heterocycles. The molecule has 2 aromatic rings. The van der Waals surface area contributed by atoms with Crippen LogP contribution in [0.3, 0.4) is 0 Å². The Morgan fingerprint density at radius 1 is 1.38 bits per heavy atom. The van der Waals surface area contributed by atoms with Crippen LogP contribution in [0.15, 0.2) is 29.6 Å². The zero-order valence-electron chi connectivity index (χ0n) is 14.4. The molecule has 6 nitrogen and oxygen atoms in total. The fourth-order valence-electron chi connectivity index (χ4n) is 2.86. The van der Waals surface area contributed by atoms with Crippen LogP contribution in [-0.2, 0) is 9.53 Å². The molecule has 1 fully saturated rings. The summed E-state index contributed by atoms with van der Waals surface area (Å²) in [6.07, 6.45) is 1.17. The predicted molar refractivity (Wildman–Crippen MR) is 103 cm³/mol. The van der Waals surface area contributed by atoms with Gasteiger partial charge in [-0.1, -0.05) is 23.7 Å². The van der Waals surface area contributed by atoms with Gasteiger partial charge in [-0.25, -0.2) is 9.78 Å². The number of likely N-dealkylation sites (tertiary alicyclic amines) is 1. The van der Waals surface area contributed by atoms with Gasteiger partial charge in [0.25, 0.3) is 0 Å². The summed E-state index contributed by atoms with van der Waals surface area (Å²) >= 11 is 7.28. The molecule has 1 unspecified atom stereocenters. The molecule has 1 atom stereocenters. The normalized spacial score (nSPS) is 17.0. The first-order valence-electron chi connectivity index (χ1n) is 8.51. The number of rotatable bonds is 4. The van der Waals surface area contributed by atoms with E-state index in [1.54, 1.807) is 24.0 Å². The molecule has 2 heterocycles. The molecule has 0 radical (unpaired) electrons. The van der Waals surface area contributed by atoms with Crippen molar-refractivity contribution in [2.75, 3.05) is 25.0 Å². The number of nitrogens with zero attached hydrogens (tertiary/aromatic N) is 2. The van der Waals surface area contributed by atoms with Crippen molar-refractivity contribution in [3.8, 4) is 11.3 Å². The highest BCUT2D eigenvalue weighted by molar-refractivity contribution is 7.14. The molecule has 0 bridgehead atoms. The summed E-state index contributed by atoms with van der Waals surface area (Å²) in [7, 11) is 0. The number of ether oxygens (including phenoxy) is 1. The highest BCUT2D eigenvalue weighted by Gasteiger charge is 2.29. The Bertz CT molecular complexity index is 778. The number of anilines is 1. The molecule has 138 valence electrons. The third-order valence-corrected chi connectivity index (χ3v) is 5.20. The molecule has 26 heavy (non-hydrogen) atoms. The Balaban J connectivity index is 1.61. The number of carbonyl (C=O) groups excluding carboxylic acids is 2. The minimum atomic E-state index is -0.357. The van der Waals surface area contributed by atoms with Gasteiger partial charge in [0.1, 0.15) is 0 Å². The van der Waals surface area contributed by atoms with E-state index in [0.29, 0.717) is 29.9 Å². The quantitative estimate of drug-likeness (QED) is 0.841. The molecule has 3 rings (SSSR count). The first-order chi connectivity index (χ1) is 12.6. The highest BCUT2D eigenvalue weighted by atomic mass is 35.5. The Morgan fingerprint density at radius 2 is 2.15 bits per heavy atom. The maximum Gasteiger partial charge on any atom is 0.409 e. The van der Waals surface area contributed by atoms with Crippen LogP contribution < -0.4 is 5.32 Å². The summed E-state index contributed by atoms with van der Waals surface area (Å²) in [6, 6.07) is 7.39. The molecule has 1 N–H and O–H groups in total. The fraction of sp³-hybridized carbons (Fsp3) is 0.389. The van der Waals surface area contributed by atoms with Crippen LogP contribution >= 0.6 is 22.9 Å². The number of nitrogens with one attached hydrogen (secondary N) is 1. The lowest BCUT2D eigenvalue weighted by Gasteiger charge is -2.30. The van der Waals surface area contributed by atoms with E-state index in [2.05, 4.69) is 10.3 Å². The molecule has 1 aliphatic rings. The van der Waals surface area contributed by atoms with E-state index in [4.69, 9.17) is 16.3 Å². The topological polar surface area (TPSA) is 71.5 Å². The maximum absolute atomic E-state index is 12.5. The number of amides is 2. The third-order valence-electron chi connectivity index (χ3n) is 4.19. The van der Waals surface area contributed by atoms with Crippen molar-refractivity contribution in [3.05, 3.63) is 34.7 Å². The van der Waals surface area contributed by atoms with Crippen LogP contribution in [0, 0.1) is 5.92 Å². The van der Waals surface area contributed by atoms with Crippen molar-refractivity contribution in [2.24, 2.45) is 5.92 Å². The minimum absolute atomic E-state index is 0.115. The summed E-state index contributed by atoms with van der Waals surface area (Å²) in [4.78, 5) is 30.5. The summed E-state index contributed by atoms with van der Waals surface area (Å²) in [5.41, 5.74) is 1.73. The van der Waals surface area contributed by atoms with Crippen molar-refractivity contribution >= 4 is 40.1 Å².